The number of amides is 1. The van der Waals surface area contributed by atoms with E-state index in [4.69, 9.17) is 0 Å². The van der Waals surface area contributed by atoms with E-state index < -0.39 is 15.8 Å². The van der Waals surface area contributed by atoms with Crippen LogP contribution in [-0.2, 0) is 21.4 Å². The average Bonchev–Trinajstić information content (AvgIpc) is 3.10. The summed E-state index contributed by atoms with van der Waals surface area (Å²) in [6.07, 6.45) is 1.88. The van der Waals surface area contributed by atoms with E-state index in [1.54, 1.807) is 4.90 Å². The molecule has 0 atom stereocenters. The Balaban J connectivity index is 1.41. The van der Waals surface area contributed by atoms with Gasteiger partial charge < -0.3 is 9.47 Å². The molecule has 0 saturated carbocycles. The first kappa shape index (κ1) is 20.1. The van der Waals surface area contributed by atoms with Gasteiger partial charge in [-0.05, 0) is 48.5 Å². The van der Waals surface area contributed by atoms with Crippen LogP contribution in [0.2, 0.25) is 0 Å². The number of hydrogen-bond donors (Lipinski definition) is 0. The van der Waals surface area contributed by atoms with Crippen molar-refractivity contribution in [2.24, 2.45) is 0 Å². The van der Waals surface area contributed by atoms with Crippen molar-refractivity contribution >= 4 is 42.8 Å². The molecule has 0 unspecified atom stereocenters. The molecule has 0 N–H and O–H groups in total. The Morgan fingerprint density at radius 1 is 1.00 bits per heavy atom. The Hall–Kier alpha value is -2.23. The van der Waals surface area contributed by atoms with Crippen LogP contribution < -0.4 is 0 Å². The van der Waals surface area contributed by atoms with Gasteiger partial charge in [-0.2, -0.15) is 4.31 Å². The summed E-state index contributed by atoms with van der Waals surface area (Å²) in [5, 5.41) is 1.04. The third-order valence-electron chi connectivity index (χ3n) is 5.08. The minimum absolute atomic E-state index is 0.0516. The molecule has 1 aliphatic heterocycles. The van der Waals surface area contributed by atoms with Crippen LogP contribution in [0.1, 0.15) is 0 Å². The molecule has 3 aromatic rings. The van der Waals surface area contributed by atoms with Gasteiger partial charge in [0, 0.05) is 47.8 Å². The molecule has 1 aliphatic rings. The van der Waals surface area contributed by atoms with Crippen molar-refractivity contribution in [3.63, 3.8) is 0 Å². The highest BCUT2D eigenvalue weighted by Crippen LogP contribution is 2.22. The molecule has 6 nitrogen and oxygen atoms in total. The zero-order chi connectivity index (χ0) is 20.6. The second kappa shape index (κ2) is 7.89. The Morgan fingerprint density at radius 2 is 1.69 bits per heavy atom. The Kier molecular flexibility index (Phi) is 5.46. The van der Waals surface area contributed by atoms with Gasteiger partial charge in [0.05, 0.1) is 4.90 Å². The summed E-state index contributed by atoms with van der Waals surface area (Å²) in [5.74, 6) is -0.534. The SMILES string of the molecule is O=C(Cn1ccc2cc(Br)ccc21)N1CCN(S(=O)(=O)c2ccc(F)cc2)CC1. The van der Waals surface area contributed by atoms with E-state index in [9.17, 15) is 17.6 Å². The molecule has 0 radical (unpaired) electrons. The second-order valence-electron chi connectivity index (χ2n) is 6.89. The standard InChI is InChI=1S/C20H19BrFN3O3S/c21-16-1-6-19-15(13-16)7-8-24(19)14-20(26)23-9-11-25(12-10-23)29(27,28)18-4-2-17(22)3-5-18/h1-8,13H,9-12,14H2. The van der Waals surface area contributed by atoms with Crippen LogP contribution in [0.25, 0.3) is 10.9 Å². The molecule has 0 bridgehead atoms. The van der Waals surface area contributed by atoms with Crippen LogP contribution in [-0.4, -0.2) is 54.3 Å². The first-order valence-electron chi connectivity index (χ1n) is 9.12. The third-order valence-corrected chi connectivity index (χ3v) is 7.49. The minimum Gasteiger partial charge on any atom is -0.339 e. The molecule has 1 amide bonds. The van der Waals surface area contributed by atoms with E-state index in [1.165, 1.54) is 16.4 Å². The molecular formula is C20H19BrFN3O3S. The number of benzene rings is 2. The summed E-state index contributed by atoms with van der Waals surface area (Å²) < 4.78 is 42.7. The molecule has 1 fully saturated rings. The lowest BCUT2D eigenvalue weighted by molar-refractivity contribution is -0.132. The first-order chi connectivity index (χ1) is 13.8. The number of fused-ring (bicyclic) bond motifs is 1. The van der Waals surface area contributed by atoms with Crippen LogP contribution in [0.4, 0.5) is 4.39 Å². The zero-order valence-corrected chi connectivity index (χ0v) is 17.9. The van der Waals surface area contributed by atoms with Gasteiger partial charge in [-0.3, -0.25) is 4.79 Å². The summed E-state index contributed by atoms with van der Waals surface area (Å²) >= 11 is 3.44. The fourth-order valence-electron chi connectivity index (χ4n) is 3.49. The smallest absolute Gasteiger partial charge is 0.243 e. The van der Waals surface area contributed by atoms with Crippen LogP contribution in [0.3, 0.4) is 0 Å². The van der Waals surface area contributed by atoms with E-state index in [0.29, 0.717) is 13.1 Å². The molecule has 2 heterocycles. The minimum atomic E-state index is -3.69. The van der Waals surface area contributed by atoms with Crippen LogP contribution >= 0.6 is 15.9 Å². The predicted octanol–water partition coefficient (Wildman–Crippen LogP) is 3.08. The zero-order valence-electron chi connectivity index (χ0n) is 15.5. The van der Waals surface area contributed by atoms with Crippen molar-refractivity contribution in [2.45, 2.75) is 11.4 Å². The summed E-state index contributed by atoms with van der Waals surface area (Å²) in [6, 6.07) is 12.6. The number of hydrogen-bond acceptors (Lipinski definition) is 3. The summed E-state index contributed by atoms with van der Waals surface area (Å²) in [7, 11) is -3.69. The summed E-state index contributed by atoms with van der Waals surface area (Å²) in [6.45, 7) is 1.28. The topological polar surface area (TPSA) is 62.6 Å². The molecule has 0 aliphatic carbocycles. The molecule has 9 heteroatoms. The van der Waals surface area contributed by atoms with Crippen LogP contribution in [0, 0.1) is 5.82 Å². The van der Waals surface area contributed by atoms with Crippen LogP contribution in [0.15, 0.2) is 64.1 Å². The van der Waals surface area contributed by atoms with Gasteiger partial charge in [-0.1, -0.05) is 15.9 Å². The third kappa shape index (κ3) is 4.08. The maximum absolute atomic E-state index is 13.1. The summed E-state index contributed by atoms with van der Waals surface area (Å²) in [5.41, 5.74) is 0.971. The summed E-state index contributed by atoms with van der Waals surface area (Å²) in [4.78, 5) is 14.5. The largest absolute Gasteiger partial charge is 0.339 e. The van der Waals surface area contributed by atoms with Gasteiger partial charge in [0.2, 0.25) is 15.9 Å². The highest BCUT2D eigenvalue weighted by molar-refractivity contribution is 9.10. The second-order valence-corrected chi connectivity index (χ2v) is 9.74. The van der Waals surface area contributed by atoms with Crippen molar-refractivity contribution in [1.82, 2.24) is 13.8 Å². The number of carbonyl (C=O) groups excluding carboxylic acids is 1. The highest BCUT2D eigenvalue weighted by Gasteiger charge is 2.30. The number of rotatable bonds is 4. The van der Waals surface area contributed by atoms with Crippen molar-refractivity contribution in [3.05, 3.63) is 65.0 Å². The van der Waals surface area contributed by atoms with Gasteiger partial charge in [0.1, 0.15) is 12.4 Å². The van der Waals surface area contributed by atoms with Crippen LogP contribution in [0.5, 0.6) is 0 Å². The van der Waals surface area contributed by atoms with E-state index >= 15 is 0 Å². The Labute approximate surface area is 176 Å². The Morgan fingerprint density at radius 3 is 2.38 bits per heavy atom. The van der Waals surface area contributed by atoms with Gasteiger partial charge >= 0.3 is 0 Å². The molecule has 4 rings (SSSR count). The van der Waals surface area contributed by atoms with E-state index in [-0.39, 0.29) is 30.4 Å². The number of carbonyl (C=O) groups is 1. The number of halogens is 2. The van der Waals surface area contributed by atoms with Gasteiger partial charge in [0.15, 0.2) is 0 Å². The molecule has 1 saturated heterocycles. The van der Waals surface area contributed by atoms with Gasteiger partial charge in [0.25, 0.3) is 0 Å². The molecule has 0 spiro atoms. The molecular weight excluding hydrogens is 461 g/mol. The number of sulfonamides is 1. The van der Waals surface area contributed by atoms with Crippen molar-refractivity contribution in [3.8, 4) is 0 Å². The van der Waals surface area contributed by atoms with Crippen molar-refractivity contribution < 1.29 is 17.6 Å². The predicted molar refractivity (Wildman–Crippen MR) is 111 cm³/mol. The molecule has 2 aromatic carbocycles. The number of nitrogens with zero attached hydrogens (tertiary/aromatic N) is 3. The fourth-order valence-corrected chi connectivity index (χ4v) is 5.29. The Bertz CT molecular complexity index is 1150. The molecule has 1 aromatic heterocycles. The molecule has 29 heavy (non-hydrogen) atoms. The fraction of sp³-hybridized carbons (Fsp3) is 0.250. The quantitative estimate of drug-likeness (QED) is 0.577. The molecule has 152 valence electrons. The maximum atomic E-state index is 13.1. The van der Waals surface area contributed by atoms with E-state index in [1.807, 2.05) is 35.0 Å². The lowest BCUT2D eigenvalue weighted by Crippen LogP contribution is -2.51. The monoisotopic (exact) mass is 479 g/mol. The normalized spacial score (nSPS) is 15.7. The van der Waals surface area contributed by atoms with Crippen molar-refractivity contribution in [1.29, 1.82) is 0 Å². The lowest BCUT2D eigenvalue weighted by Gasteiger charge is -2.34. The maximum Gasteiger partial charge on any atom is 0.243 e. The number of aromatic nitrogens is 1. The van der Waals surface area contributed by atoms with Gasteiger partial charge in [-0.15, -0.1) is 0 Å². The van der Waals surface area contributed by atoms with Gasteiger partial charge in [-0.25, -0.2) is 12.8 Å². The van der Waals surface area contributed by atoms with E-state index in [2.05, 4.69) is 15.9 Å². The highest BCUT2D eigenvalue weighted by atomic mass is 79.9. The average molecular weight is 480 g/mol. The van der Waals surface area contributed by atoms with E-state index in [0.717, 1.165) is 27.5 Å². The lowest BCUT2D eigenvalue weighted by atomic mass is 10.2. The van der Waals surface area contributed by atoms with Crippen molar-refractivity contribution in [2.75, 3.05) is 26.2 Å². The first-order valence-corrected chi connectivity index (χ1v) is 11.4. The number of piperazine rings is 1.